The van der Waals surface area contributed by atoms with E-state index in [1.165, 1.54) is 22.3 Å². The summed E-state index contributed by atoms with van der Waals surface area (Å²) in [4.78, 5) is 0. The van der Waals surface area contributed by atoms with E-state index >= 15 is 0 Å². The molecule has 2 rings (SSSR count). The Kier molecular flexibility index (Phi) is 6.87. The lowest BCUT2D eigenvalue weighted by Crippen LogP contribution is -2.44. The highest BCUT2D eigenvalue weighted by Gasteiger charge is 2.34. The monoisotopic (exact) mass is 370 g/mol. The van der Waals surface area contributed by atoms with E-state index in [1.807, 2.05) is 18.2 Å². The van der Waals surface area contributed by atoms with Crippen LogP contribution in [0, 0.1) is 13.8 Å². The van der Waals surface area contributed by atoms with Gasteiger partial charge in [0.2, 0.25) is 0 Å². The van der Waals surface area contributed by atoms with Crippen LogP contribution in [-0.2, 0) is 17.6 Å². The molecule has 0 unspecified atom stereocenters. The fourth-order valence-corrected chi connectivity index (χ4v) is 2.82. The van der Waals surface area contributed by atoms with E-state index in [0.717, 1.165) is 12.1 Å². The van der Waals surface area contributed by atoms with Crippen LogP contribution >= 0.6 is 12.6 Å². The molecule has 4 heteroatoms. The zero-order valence-electron chi connectivity index (χ0n) is 16.9. The van der Waals surface area contributed by atoms with Crippen molar-refractivity contribution in [3.63, 3.8) is 0 Å². The quantitative estimate of drug-likeness (QED) is 0.506. The Labute approximate surface area is 165 Å². The number of benzene rings is 2. The molecule has 2 aromatic carbocycles. The van der Waals surface area contributed by atoms with Crippen molar-refractivity contribution in [3.05, 3.63) is 64.7 Å². The predicted molar refractivity (Wildman–Crippen MR) is 116 cm³/mol. The first-order chi connectivity index (χ1) is 12.1. The van der Waals surface area contributed by atoms with Crippen LogP contribution in [0.4, 0.5) is 0 Å². The minimum absolute atomic E-state index is 0.188. The molecule has 0 aliphatic rings. The molecule has 0 spiro atoms. The van der Waals surface area contributed by atoms with Crippen LogP contribution in [0.3, 0.4) is 0 Å². The molecule has 0 saturated heterocycles. The molecule has 26 heavy (non-hydrogen) atoms. The molecule has 0 saturated carbocycles. The first-order valence-corrected chi connectivity index (χ1v) is 9.68. The lowest BCUT2D eigenvalue weighted by Gasteiger charge is -2.38. The van der Waals surface area contributed by atoms with Gasteiger partial charge in [0.05, 0.1) is 5.60 Å². The Morgan fingerprint density at radius 3 is 2.08 bits per heavy atom. The van der Waals surface area contributed by atoms with Crippen molar-refractivity contribution in [2.24, 2.45) is 0 Å². The van der Waals surface area contributed by atoms with Gasteiger partial charge in [-0.05, 0) is 82.2 Å². The number of hydrogen-bond acceptors (Lipinski definition) is 3. The molecule has 0 amide bonds. The van der Waals surface area contributed by atoms with Crippen LogP contribution in [0.25, 0.3) is 0 Å². The molecule has 0 radical (unpaired) electrons. The summed E-state index contributed by atoms with van der Waals surface area (Å²) in [6.45, 7) is 13.3. The largest absolute Gasteiger partial charge is 0.489 e. The Hall–Kier alpha value is -1.39. The van der Waals surface area contributed by atoms with Gasteiger partial charge in [-0.3, -0.25) is 0 Å². The maximum Gasteiger partial charge on any atom is 0.280 e. The average Bonchev–Trinajstić information content (AvgIpc) is 2.55. The first kappa shape index (κ1) is 20.9. The topological polar surface area (TPSA) is 18.5 Å². The summed E-state index contributed by atoms with van der Waals surface area (Å²) in [5.74, 6) is 0.922. The van der Waals surface area contributed by atoms with Gasteiger partial charge in [-0.15, -0.1) is 0 Å². The summed E-state index contributed by atoms with van der Waals surface area (Å²) >= 11 is 4.66. The third-order valence-corrected chi connectivity index (χ3v) is 5.74. The van der Waals surface area contributed by atoms with Crippen LogP contribution in [0.2, 0.25) is 0 Å². The highest BCUT2D eigenvalue weighted by atomic mass is 32.1. The van der Waals surface area contributed by atoms with Crippen LogP contribution < -0.4 is 4.74 Å². The number of aryl methyl sites for hydroxylation is 2. The average molecular weight is 370 g/mol. The van der Waals surface area contributed by atoms with Crippen LogP contribution in [0.1, 0.15) is 49.9 Å². The van der Waals surface area contributed by atoms with Crippen molar-refractivity contribution in [1.82, 2.24) is 0 Å². The zero-order chi connectivity index (χ0) is 19.4. The van der Waals surface area contributed by atoms with Gasteiger partial charge in [0, 0.05) is 4.75 Å². The molecule has 0 fully saturated rings. The molecule has 2 nitrogen and oxygen atoms in total. The number of thiol groups is 1. The van der Waals surface area contributed by atoms with Crippen LogP contribution in [0.15, 0.2) is 42.5 Å². The van der Waals surface area contributed by atoms with E-state index in [-0.39, 0.29) is 10.3 Å². The molecule has 2 aromatic rings. The van der Waals surface area contributed by atoms with Crippen molar-refractivity contribution >= 4 is 20.1 Å². The molecule has 0 heterocycles. The molecule has 0 atom stereocenters. The Balaban J connectivity index is 1.98. The Bertz CT molecular complexity index is 698. The molecule has 0 aliphatic carbocycles. The second-order valence-corrected chi connectivity index (χ2v) is 9.10. The molecular weight excluding hydrogens is 339 g/mol. The minimum atomic E-state index is -0.281. The molecule has 0 bridgehead atoms. The highest BCUT2D eigenvalue weighted by Crippen LogP contribution is 2.31. The first-order valence-electron chi connectivity index (χ1n) is 9.23. The van der Waals surface area contributed by atoms with Crippen molar-refractivity contribution < 1.29 is 9.39 Å². The van der Waals surface area contributed by atoms with E-state index in [1.54, 1.807) is 0 Å². The minimum Gasteiger partial charge on any atom is -0.489 e. The van der Waals surface area contributed by atoms with Gasteiger partial charge in [-0.2, -0.15) is 12.6 Å². The summed E-state index contributed by atoms with van der Waals surface area (Å²) in [5, 5.41) is 0. The zero-order valence-corrected chi connectivity index (χ0v) is 17.8. The Morgan fingerprint density at radius 1 is 0.962 bits per heavy atom. The normalized spacial score (nSPS) is 12.1. The van der Waals surface area contributed by atoms with E-state index in [0.29, 0.717) is 14.1 Å². The molecule has 140 valence electrons. The molecule has 0 N–H and O–H groups in total. The maximum atomic E-state index is 6.14. The lowest BCUT2D eigenvalue weighted by atomic mass is 9.82. The lowest BCUT2D eigenvalue weighted by molar-refractivity contribution is 0.0823. The van der Waals surface area contributed by atoms with Gasteiger partial charge in [-0.1, -0.05) is 30.3 Å². The third-order valence-electron chi connectivity index (χ3n) is 5.21. The van der Waals surface area contributed by atoms with Crippen molar-refractivity contribution in [3.8, 4) is 5.75 Å². The van der Waals surface area contributed by atoms with Crippen molar-refractivity contribution in [2.75, 3.05) is 0 Å². The van der Waals surface area contributed by atoms with Gasteiger partial charge >= 0.3 is 0 Å². The summed E-state index contributed by atoms with van der Waals surface area (Å²) in [5.41, 5.74) is 4.73. The number of hydrogen-bond donors (Lipinski definition) is 1. The summed E-state index contributed by atoms with van der Waals surface area (Å²) in [6, 6.07) is 14.5. The summed E-state index contributed by atoms with van der Waals surface area (Å²) in [7, 11) is 0.683. The SMILES string of the molecule is Cc1cc(OCc2ccccc2)cc(C)c1CBOC(C)(C)C(C)(C)S. The smallest absolute Gasteiger partial charge is 0.280 e. The second-order valence-electron chi connectivity index (χ2n) is 7.98. The number of ether oxygens (including phenoxy) is 1. The molecule has 0 aromatic heterocycles. The standard InChI is InChI=1S/C22H31BO2S/c1-16-12-19(24-15-18-10-8-7-9-11-18)13-17(2)20(16)14-23-25-21(3,4)22(5,6)26/h7-13,23,26H,14-15H2,1-6H3. The van der Waals surface area contributed by atoms with Gasteiger partial charge in [-0.25, -0.2) is 0 Å². The van der Waals surface area contributed by atoms with E-state index in [4.69, 9.17) is 9.39 Å². The molecular formula is C22H31BO2S. The van der Waals surface area contributed by atoms with Gasteiger partial charge in [0.25, 0.3) is 7.48 Å². The molecule has 0 aliphatic heterocycles. The van der Waals surface area contributed by atoms with E-state index < -0.39 is 0 Å². The van der Waals surface area contributed by atoms with Crippen LogP contribution in [0.5, 0.6) is 5.75 Å². The second kappa shape index (κ2) is 8.54. The number of rotatable bonds is 8. The van der Waals surface area contributed by atoms with Gasteiger partial charge in [0.15, 0.2) is 0 Å². The fraction of sp³-hybridized carbons (Fsp3) is 0.455. The summed E-state index contributed by atoms with van der Waals surface area (Å²) in [6.07, 6.45) is 0.893. The highest BCUT2D eigenvalue weighted by molar-refractivity contribution is 7.81. The van der Waals surface area contributed by atoms with E-state index in [9.17, 15) is 0 Å². The Morgan fingerprint density at radius 2 is 1.54 bits per heavy atom. The van der Waals surface area contributed by atoms with Gasteiger partial charge < -0.3 is 9.39 Å². The van der Waals surface area contributed by atoms with Crippen LogP contribution in [-0.4, -0.2) is 17.8 Å². The van der Waals surface area contributed by atoms with Crippen molar-refractivity contribution in [2.45, 2.75) is 64.8 Å². The van der Waals surface area contributed by atoms with Crippen molar-refractivity contribution in [1.29, 1.82) is 0 Å². The van der Waals surface area contributed by atoms with E-state index in [2.05, 4.69) is 78.4 Å². The van der Waals surface area contributed by atoms with Gasteiger partial charge in [0.1, 0.15) is 12.4 Å². The summed E-state index contributed by atoms with van der Waals surface area (Å²) < 4.78 is 11.9. The predicted octanol–water partition coefficient (Wildman–Crippen LogP) is 5.24. The fourth-order valence-electron chi connectivity index (χ4n) is 2.76. The maximum absolute atomic E-state index is 6.14. The third kappa shape index (κ3) is 5.55.